The molecule has 0 aliphatic carbocycles. The lowest BCUT2D eigenvalue weighted by Gasteiger charge is -2.12. The summed E-state index contributed by atoms with van der Waals surface area (Å²) in [6, 6.07) is 17.4. The van der Waals surface area contributed by atoms with E-state index in [1.807, 2.05) is 54.6 Å². The molecule has 0 spiro atoms. The molecule has 6 nitrogen and oxygen atoms in total. The van der Waals surface area contributed by atoms with E-state index in [1.165, 1.54) is 23.3 Å². The molecule has 0 radical (unpaired) electrons. The number of hydrogen-bond donors (Lipinski definition) is 0. The van der Waals surface area contributed by atoms with E-state index in [9.17, 15) is 4.79 Å². The molecule has 0 bridgehead atoms. The fourth-order valence-electron chi connectivity index (χ4n) is 2.62. The third-order valence-corrected chi connectivity index (χ3v) is 5.11. The lowest BCUT2D eigenvalue weighted by atomic mass is 10.3. The predicted octanol–water partition coefficient (Wildman–Crippen LogP) is 3.77. The Morgan fingerprint density at radius 1 is 1.12 bits per heavy atom. The summed E-state index contributed by atoms with van der Waals surface area (Å²) >= 11 is 1.46. The molecular formula is C19H16N4O2S. The number of amides is 1. The topological polar surface area (TPSA) is 60.3 Å². The van der Waals surface area contributed by atoms with Crippen LogP contribution in [0.4, 0.5) is 5.13 Å². The Hall–Kier alpha value is -3.19. The van der Waals surface area contributed by atoms with Crippen molar-refractivity contribution in [2.24, 2.45) is 0 Å². The van der Waals surface area contributed by atoms with E-state index in [0.717, 1.165) is 15.9 Å². The number of para-hydroxylation sites is 2. The number of carbonyl (C=O) groups is 1. The highest BCUT2D eigenvalue weighted by atomic mass is 32.1. The molecule has 1 amide bonds. The first-order valence-corrected chi connectivity index (χ1v) is 8.82. The van der Waals surface area contributed by atoms with E-state index in [-0.39, 0.29) is 11.6 Å². The van der Waals surface area contributed by atoms with Crippen molar-refractivity contribution in [3.8, 4) is 11.4 Å². The van der Waals surface area contributed by atoms with Crippen molar-refractivity contribution in [2.75, 3.05) is 19.1 Å². The number of nitrogens with zero attached hydrogens (tertiary/aromatic N) is 4. The van der Waals surface area contributed by atoms with E-state index >= 15 is 0 Å². The van der Waals surface area contributed by atoms with Gasteiger partial charge in [-0.25, -0.2) is 9.67 Å². The summed E-state index contributed by atoms with van der Waals surface area (Å²) < 4.78 is 8.03. The van der Waals surface area contributed by atoms with Crippen molar-refractivity contribution in [3.05, 3.63) is 66.5 Å². The molecule has 0 atom stereocenters. The molecule has 0 fully saturated rings. The van der Waals surface area contributed by atoms with Crippen molar-refractivity contribution < 1.29 is 9.53 Å². The summed E-state index contributed by atoms with van der Waals surface area (Å²) in [4.78, 5) is 19.0. The van der Waals surface area contributed by atoms with Crippen molar-refractivity contribution in [1.29, 1.82) is 0 Å². The zero-order valence-corrected chi connectivity index (χ0v) is 15.1. The predicted molar refractivity (Wildman–Crippen MR) is 102 cm³/mol. The van der Waals surface area contributed by atoms with Crippen molar-refractivity contribution in [3.63, 3.8) is 0 Å². The maximum Gasteiger partial charge on any atom is 0.284 e. The Bertz CT molecular complexity index is 1040. The molecule has 0 aliphatic heterocycles. The highest BCUT2D eigenvalue weighted by molar-refractivity contribution is 7.22. The van der Waals surface area contributed by atoms with Gasteiger partial charge in [-0.1, -0.05) is 41.7 Å². The van der Waals surface area contributed by atoms with Crippen LogP contribution in [-0.2, 0) is 0 Å². The third kappa shape index (κ3) is 2.82. The molecule has 0 saturated heterocycles. The molecule has 130 valence electrons. The van der Waals surface area contributed by atoms with Gasteiger partial charge in [0.15, 0.2) is 16.6 Å². The molecule has 4 aromatic rings. The third-order valence-electron chi connectivity index (χ3n) is 4.00. The summed E-state index contributed by atoms with van der Waals surface area (Å²) in [7, 11) is 3.22. The van der Waals surface area contributed by atoms with E-state index in [0.29, 0.717) is 10.9 Å². The van der Waals surface area contributed by atoms with Crippen LogP contribution in [-0.4, -0.2) is 34.8 Å². The molecule has 2 aromatic carbocycles. The van der Waals surface area contributed by atoms with Gasteiger partial charge in [-0.3, -0.25) is 9.69 Å². The number of benzene rings is 2. The number of methoxy groups -OCH3 is 1. The van der Waals surface area contributed by atoms with E-state index in [4.69, 9.17) is 4.74 Å². The van der Waals surface area contributed by atoms with E-state index in [2.05, 4.69) is 10.1 Å². The van der Waals surface area contributed by atoms with Crippen LogP contribution in [0, 0.1) is 0 Å². The fourth-order valence-corrected chi connectivity index (χ4v) is 3.54. The normalized spacial score (nSPS) is 10.8. The molecule has 26 heavy (non-hydrogen) atoms. The van der Waals surface area contributed by atoms with Crippen LogP contribution in [0.5, 0.6) is 5.75 Å². The number of rotatable bonds is 4. The number of carbonyl (C=O) groups excluding carboxylic acids is 1. The number of hydrogen-bond acceptors (Lipinski definition) is 5. The zero-order valence-electron chi connectivity index (χ0n) is 14.3. The molecule has 0 unspecified atom stereocenters. The van der Waals surface area contributed by atoms with Crippen LogP contribution in [0.25, 0.3) is 15.9 Å². The van der Waals surface area contributed by atoms with Crippen molar-refractivity contribution in [2.45, 2.75) is 0 Å². The number of ether oxygens (including phenoxy) is 1. The Morgan fingerprint density at radius 3 is 2.58 bits per heavy atom. The fraction of sp³-hybridized carbons (Fsp3) is 0.105. The van der Waals surface area contributed by atoms with Gasteiger partial charge in [0.05, 0.1) is 29.2 Å². The average molecular weight is 364 g/mol. The lowest BCUT2D eigenvalue weighted by Crippen LogP contribution is -2.27. The second kappa shape index (κ2) is 6.61. The standard InChI is InChI=1S/C19H16N4O2S/c1-22(19-20-14-10-6-7-11-16(14)26-19)18(24)17-15(25-2)12-23(21-17)13-8-4-3-5-9-13/h3-12H,1-2H3. The molecule has 0 saturated carbocycles. The number of aromatic nitrogens is 3. The van der Waals surface area contributed by atoms with Crippen LogP contribution >= 0.6 is 11.3 Å². The minimum absolute atomic E-state index is 0.248. The van der Waals surface area contributed by atoms with Gasteiger partial charge in [0.25, 0.3) is 5.91 Å². The summed E-state index contributed by atoms with van der Waals surface area (Å²) in [6.07, 6.45) is 1.70. The quantitative estimate of drug-likeness (QED) is 0.553. The van der Waals surface area contributed by atoms with Gasteiger partial charge in [0.2, 0.25) is 0 Å². The number of anilines is 1. The summed E-state index contributed by atoms with van der Waals surface area (Å²) in [5.74, 6) is 0.155. The molecule has 0 aliphatic rings. The highest BCUT2D eigenvalue weighted by Gasteiger charge is 2.24. The Morgan fingerprint density at radius 2 is 1.85 bits per heavy atom. The lowest BCUT2D eigenvalue weighted by molar-refractivity contribution is 0.0985. The summed E-state index contributed by atoms with van der Waals surface area (Å²) in [6.45, 7) is 0. The highest BCUT2D eigenvalue weighted by Crippen LogP contribution is 2.30. The number of fused-ring (bicyclic) bond motifs is 1. The second-order valence-corrected chi connectivity index (χ2v) is 6.66. The van der Waals surface area contributed by atoms with Crippen LogP contribution in [0.2, 0.25) is 0 Å². The van der Waals surface area contributed by atoms with Gasteiger partial charge in [-0.05, 0) is 24.3 Å². The molecule has 7 heteroatoms. The van der Waals surface area contributed by atoms with Gasteiger partial charge in [-0.2, -0.15) is 5.10 Å². The van der Waals surface area contributed by atoms with E-state index < -0.39 is 0 Å². The molecule has 2 heterocycles. The largest absolute Gasteiger partial charge is 0.493 e. The van der Waals surface area contributed by atoms with Crippen LogP contribution in [0.15, 0.2) is 60.8 Å². The molecule has 4 rings (SSSR count). The number of thiazole rings is 1. The van der Waals surface area contributed by atoms with Crippen LogP contribution in [0.1, 0.15) is 10.5 Å². The van der Waals surface area contributed by atoms with Crippen LogP contribution < -0.4 is 9.64 Å². The monoisotopic (exact) mass is 364 g/mol. The molecule has 2 aromatic heterocycles. The van der Waals surface area contributed by atoms with Gasteiger partial charge >= 0.3 is 0 Å². The average Bonchev–Trinajstić information content (AvgIpc) is 3.31. The Balaban J connectivity index is 1.70. The van der Waals surface area contributed by atoms with Gasteiger partial charge < -0.3 is 4.74 Å². The van der Waals surface area contributed by atoms with Gasteiger partial charge in [0, 0.05) is 7.05 Å². The Labute approximate surface area is 154 Å². The first-order valence-electron chi connectivity index (χ1n) is 8.00. The first-order chi connectivity index (χ1) is 12.7. The molecule has 0 N–H and O–H groups in total. The maximum atomic E-state index is 13.0. The smallest absolute Gasteiger partial charge is 0.284 e. The zero-order chi connectivity index (χ0) is 18.1. The van der Waals surface area contributed by atoms with Gasteiger partial charge in [0.1, 0.15) is 0 Å². The van der Waals surface area contributed by atoms with Crippen LogP contribution in [0.3, 0.4) is 0 Å². The minimum Gasteiger partial charge on any atom is -0.493 e. The summed E-state index contributed by atoms with van der Waals surface area (Å²) in [5, 5.41) is 5.05. The maximum absolute atomic E-state index is 13.0. The molecular weight excluding hydrogens is 348 g/mol. The minimum atomic E-state index is -0.268. The van der Waals surface area contributed by atoms with Gasteiger partial charge in [-0.15, -0.1) is 0 Å². The summed E-state index contributed by atoms with van der Waals surface area (Å²) in [5.41, 5.74) is 1.97. The van der Waals surface area contributed by atoms with Crippen molar-refractivity contribution in [1.82, 2.24) is 14.8 Å². The SMILES string of the molecule is COc1cn(-c2ccccc2)nc1C(=O)N(C)c1nc2ccccc2s1. The van der Waals surface area contributed by atoms with Crippen molar-refractivity contribution >= 4 is 32.6 Å². The second-order valence-electron chi connectivity index (χ2n) is 5.65. The first kappa shape index (κ1) is 16.3. The Kier molecular flexibility index (Phi) is 4.14. The van der Waals surface area contributed by atoms with E-state index in [1.54, 1.807) is 17.9 Å².